The molecule has 0 saturated carbocycles. The SMILES string of the molecule is COc1cc(C=NNC(=O)CCC(=O)Nc2ccc(C)cc2)ccc1OCc1ccccc1Cl. The van der Waals surface area contributed by atoms with Gasteiger partial charge in [0.05, 0.1) is 13.3 Å². The van der Waals surface area contributed by atoms with E-state index in [4.69, 9.17) is 21.1 Å². The van der Waals surface area contributed by atoms with Crippen LogP contribution in [0.5, 0.6) is 11.5 Å². The quantitative estimate of drug-likeness (QED) is 0.312. The first-order valence-corrected chi connectivity index (χ1v) is 11.0. The van der Waals surface area contributed by atoms with Crippen molar-refractivity contribution in [1.29, 1.82) is 0 Å². The van der Waals surface area contributed by atoms with E-state index in [9.17, 15) is 9.59 Å². The highest BCUT2D eigenvalue weighted by atomic mass is 35.5. The normalized spacial score (nSPS) is 10.7. The Hall–Kier alpha value is -3.84. The van der Waals surface area contributed by atoms with E-state index in [1.54, 1.807) is 25.3 Å². The minimum Gasteiger partial charge on any atom is -0.493 e. The Morgan fingerprint density at radius 1 is 0.971 bits per heavy atom. The molecule has 2 amide bonds. The third-order valence-corrected chi connectivity index (χ3v) is 5.21. The largest absolute Gasteiger partial charge is 0.493 e. The average Bonchev–Trinajstić information content (AvgIpc) is 2.84. The molecule has 0 atom stereocenters. The van der Waals surface area contributed by atoms with Gasteiger partial charge in [-0.25, -0.2) is 5.43 Å². The highest BCUT2D eigenvalue weighted by Gasteiger charge is 2.08. The van der Waals surface area contributed by atoms with E-state index < -0.39 is 0 Å². The lowest BCUT2D eigenvalue weighted by Gasteiger charge is -2.12. The molecule has 0 aliphatic carbocycles. The lowest BCUT2D eigenvalue weighted by Crippen LogP contribution is -2.20. The molecule has 0 saturated heterocycles. The molecule has 34 heavy (non-hydrogen) atoms. The van der Waals surface area contributed by atoms with Crippen LogP contribution in [0.2, 0.25) is 5.02 Å². The molecule has 0 heterocycles. The molecule has 0 bridgehead atoms. The zero-order valence-corrected chi connectivity index (χ0v) is 19.8. The Morgan fingerprint density at radius 3 is 2.44 bits per heavy atom. The van der Waals surface area contributed by atoms with E-state index in [1.807, 2.05) is 55.5 Å². The molecule has 8 heteroatoms. The van der Waals surface area contributed by atoms with Gasteiger partial charge in [0.2, 0.25) is 11.8 Å². The summed E-state index contributed by atoms with van der Waals surface area (Å²) in [6.45, 7) is 2.27. The van der Waals surface area contributed by atoms with E-state index in [-0.39, 0.29) is 24.7 Å². The number of hydrogen-bond acceptors (Lipinski definition) is 5. The van der Waals surface area contributed by atoms with Gasteiger partial charge in [-0.3, -0.25) is 9.59 Å². The number of amides is 2. The smallest absolute Gasteiger partial charge is 0.240 e. The number of aryl methyl sites for hydroxylation is 1. The van der Waals surface area contributed by atoms with Crippen LogP contribution in [0.1, 0.15) is 29.5 Å². The minimum atomic E-state index is -0.359. The monoisotopic (exact) mass is 479 g/mol. The number of carbonyl (C=O) groups is 2. The van der Waals surface area contributed by atoms with Crippen LogP contribution in [-0.4, -0.2) is 25.1 Å². The Labute approximate surface area is 203 Å². The topological polar surface area (TPSA) is 89.0 Å². The molecular formula is C26H26ClN3O4. The molecule has 176 valence electrons. The first-order valence-electron chi connectivity index (χ1n) is 10.7. The molecule has 0 unspecified atom stereocenters. The van der Waals surface area contributed by atoms with Crippen molar-refractivity contribution in [1.82, 2.24) is 5.43 Å². The second-order valence-electron chi connectivity index (χ2n) is 7.50. The predicted octanol–water partition coefficient (Wildman–Crippen LogP) is 5.11. The van der Waals surface area contributed by atoms with Crippen molar-refractivity contribution in [2.75, 3.05) is 12.4 Å². The van der Waals surface area contributed by atoms with Crippen LogP contribution in [0.3, 0.4) is 0 Å². The second kappa shape index (κ2) is 12.4. The van der Waals surface area contributed by atoms with Crippen LogP contribution >= 0.6 is 11.6 Å². The molecule has 0 aromatic heterocycles. The number of halogens is 1. The van der Waals surface area contributed by atoms with Crippen LogP contribution in [0.25, 0.3) is 0 Å². The molecule has 0 aliphatic rings. The number of rotatable bonds is 10. The Kier molecular flexibility index (Phi) is 9.05. The molecule has 0 fully saturated rings. The molecule has 7 nitrogen and oxygen atoms in total. The summed E-state index contributed by atoms with van der Waals surface area (Å²) >= 11 is 6.17. The molecule has 0 radical (unpaired) electrons. The first-order chi connectivity index (χ1) is 16.4. The van der Waals surface area contributed by atoms with E-state index in [0.29, 0.717) is 34.4 Å². The summed E-state index contributed by atoms with van der Waals surface area (Å²) in [7, 11) is 1.54. The molecule has 3 aromatic carbocycles. The maximum absolute atomic E-state index is 12.0. The van der Waals surface area contributed by atoms with Crippen molar-refractivity contribution in [2.45, 2.75) is 26.4 Å². The minimum absolute atomic E-state index is 0.0210. The second-order valence-corrected chi connectivity index (χ2v) is 7.90. The number of benzene rings is 3. The molecule has 0 aliphatic heterocycles. The van der Waals surface area contributed by atoms with Gasteiger partial charge < -0.3 is 14.8 Å². The number of anilines is 1. The molecule has 3 rings (SSSR count). The van der Waals surface area contributed by atoms with Gasteiger partial charge in [0.1, 0.15) is 6.61 Å². The summed E-state index contributed by atoms with van der Waals surface area (Å²) in [5, 5.41) is 7.34. The number of carbonyl (C=O) groups excluding carboxylic acids is 2. The summed E-state index contributed by atoms with van der Waals surface area (Å²) in [6.07, 6.45) is 1.57. The van der Waals surface area contributed by atoms with Crippen molar-refractivity contribution in [3.05, 3.63) is 88.4 Å². The predicted molar refractivity (Wildman–Crippen MR) is 134 cm³/mol. The van der Waals surface area contributed by atoms with Gasteiger partial charge in [0, 0.05) is 29.1 Å². The van der Waals surface area contributed by atoms with Crippen molar-refractivity contribution in [2.24, 2.45) is 5.10 Å². The zero-order valence-electron chi connectivity index (χ0n) is 19.0. The fourth-order valence-corrected chi connectivity index (χ4v) is 3.17. The van der Waals surface area contributed by atoms with Gasteiger partial charge in [-0.1, -0.05) is 47.5 Å². The third kappa shape index (κ3) is 7.64. The van der Waals surface area contributed by atoms with E-state index in [2.05, 4.69) is 15.8 Å². The highest BCUT2D eigenvalue weighted by molar-refractivity contribution is 6.31. The number of hydrogen-bond donors (Lipinski definition) is 2. The fourth-order valence-electron chi connectivity index (χ4n) is 2.98. The lowest BCUT2D eigenvalue weighted by atomic mass is 10.2. The number of hydrazone groups is 1. The van der Waals surface area contributed by atoms with Gasteiger partial charge in [0.25, 0.3) is 0 Å². The molecule has 3 aromatic rings. The summed E-state index contributed by atoms with van der Waals surface area (Å²) < 4.78 is 11.2. The van der Waals surface area contributed by atoms with Crippen LogP contribution in [0.15, 0.2) is 71.8 Å². The van der Waals surface area contributed by atoms with Crippen molar-refractivity contribution >= 4 is 35.3 Å². The van der Waals surface area contributed by atoms with Gasteiger partial charge in [0.15, 0.2) is 11.5 Å². The summed E-state index contributed by atoms with van der Waals surface area (Å²) in [4.78, 5) is 24.0. The van der Waals surface area contributed by atoms with Crippen LogP contribution < -0.4 is 20.2 Å². The Bertz CT molecular complexity index is 1160. The number of nitrogens with one attached hydrogen (secondary N) is 2. The Balaban J connectivity index is 1.46. The van der Waals surface area contributed by atoms with Crippen molar-refractivity contribution in [3.63, 3.8) is 0 Å². The fraction of sp³-hybridized carbons (Fsp3) is 0.192. The van der Waals surface area contributed by atoms with E-state index >= 15 is 0 Å². The van der Waals surface area contributed by atoms with Gasteiger partial charge in [-0.2, -0.15) is 5.10 Å². The summed E-state index contributed by atoms with van der Waals surface area (Å²) in [6, 6.07) is 20.2. The van der Waals surface area contributed by atoms with Gasteiger partial charge >= 0.3 is 0 Å². The molecular weight excluding hydrogens is 454 g/mol. The first kappa shape index (κ1) is 24.8. The van der Waals surface area contributed by atoms with Crippen LogP contribution in [0.4, 0.5) is 5.69 Å². The summed E-state index contributed by atoms with van der Waals surface area (Å²) in [5.74, 6) is 0.486. The highest BCUT2D eigenvalue weighted by Crippen LogP contribution is 2.29. The lowest BCUT2D eigenvalue weighted by molar-refractivity contribution is -0.124. The third-order valence-electron chi connectivity index (χ3n) is 4.85. The van der Waals surface area contributed by atoms with Crippen LogP contribution in [0, 0.1) is 6.92 Å². The number of methoxy groups -OCH3 is 1. The zero-order chi connectivity index (χ0) is 24.3. The van der Waals surface area contributed by atoms with E-state index in [0.717, 1.165) is 11.1 Å². The summed E-state index contributed by atoms with van der Waals surface area (Å²) in [5.41, 5.74) is 5.80. The average molecular weight is 480 g/mol. The van der Waals surface area contributed by atoms with Gasteiger partial charge in [-0.15, -0.1) is 0 Å². The molecule has 0 spiro atoms. The number of ether oxygens (including phenoxy) is 2. The standard InChI is InChI=1S/C26H26ClN3O4/c1-18-7-10-21(11-8-18)29-25(31)13-14-26(32)30-28-16-19-9-12-23(24(15-19)33-2)34-17-20-5-3-4-6-22(20)27/h3-12,15-16H,13-14,17H2,1-2H3,(H,29,31)(H,30,32). The maximum Gasteiger partial charge on any atom is 0.240 e. The van der Waals surface area contributed by atoms with Crippen molar-refractivity contribution in [3.8, 4) is 11.5 Å². The van der Waals surface area contributed by atoms with Crippen LogP contribution in [-0.2, 0) is 16.2 Å². The van der Waals surface area contributed by atoms with E-state index in [1.165, 1.54) is 6.21 Å². The molecule has 2 N–H and O–H groups in total. The van der Waals surface area contributed by atoms with Crippen molar-refractivity contribution < 1.29 is 19.1 Å². The Morgan fingerprint density at radius 2 is 1.71 bits per heavy atom. The maximum atomic E-state index is 12.0. The van der Waals surface area contributed by atoms with Gasteiger partial charge in [-0.05, 0) is 48.9 Å². The number of nitrogens with zero attached hydrogens (tertiary/aromatic N) is 1.